The van der Waals surface area contributed by atoms with Gasteiger partial charge in [0, 0.05) is 17.4 Å². The molecule has 1 aromatic carbocycles. The molecule has 4 amide bonds. The highest BCUT2D eigenvalue weighted by Crippen LogP contribution is 2.26. The van der Waals surface area contributed by atoms with Crippen LogP contribution in [0.4, 0.5) is 13.2 Å². The average Bonchev–Trinajstić information content (AvgIpc) is 2.79. The van der Waals surface area contributed by atoms with Crippen molar-refractivity contribution in [2.24, 2.45) is 0 Å². The first-order valence-corrected chi connectivity index (χ1v) is 8.13. The molecule has 2 rings (SSSR count). The van der Waals surface area contributed by atoms with Crippen LogP contribution in [0.25, 0.3) is 0 Å². The van der Waals surface area contributed by atoms with Gasteiger partial charge >= 0.3 is 6.18 Å². The molecule has 0 saturated heterocycles. The molecule has 0 unspecified atom stereocenters. The molecule has 1 heterocycles. The van der Waals surface area contributed by atoms with E-state index in [1.54, 1.807) is 11.4 Å². The molecule has 11 heteroatoms. The standard InChI is InChI=1S/C15H13BrF3N3O4/c16-8-1-2-9-10(5-8)14(26)22(13(9)25)4-3-11(23)20-6-12(24)21-7-15(17,18)19/h1-2,5H,3-4,6-7H2,(H,20,23)(H,21,24). The molecule has 0 radical (unpaired) electrons. The van der Waals surface area contributed by atoms with Crippen LogP contribution in [0, 0.1) is 0 Å². The largest absolute Gasteiger partial charge is 0.405 e. The summed E-state index contributed by atoms with van der Waals surface area (Å²) < 4.78 is 36.5. The number of rotatable bonds is 6. The number of alkyl halides is 3. The Hall–Kier alpha value is -2.43. The Morgan fingerprint density at radius 2 is 1.69 bits per heavy atom. The minimum atomic E-state index is -4.54. The van der Waals surface area contributed by atoms with Gasteiger partial charge in [0.15, 0.2) is 0 Å². The second-order valence-electron chi connectivity index (χ2n) is 5.37. The predicted molar refractivity (Wildman–Crippen MR) is 86.2 cm³/mol. The highest BCUT2D eigenvalue weighted by Gasteiger charge is 2.35. The van der Waals surface area contributed by atoms with Crippen LogP contribution in [-0.4, -0.2) is 54.3 Å². The maximum absolute atomic E-state index is 12.2. The number of nitrogens with one attached hydrogen (secondary N) is 2. The third-order valence-electron chi connectivity index (χ3n) is 3.43. The summed E-state index contributed by atoms with van der Waals surface area (Å²) in [6.07, 6.45) is -4.82. The van der Waals surface area contributed by atoms with Crippen LogP contribution in [0.2, 0.25) is 0 Å². The van der Waals surface area contributed by atoms with E-state index >= 15 is 0 Å². The van der Waals surface area contributed by atoms with Crippen LogP contribution in [0.5, 0.6) is 0 Å². The quantitative estimate of drug-likeness (QED) is 0.656. The topological polar surface area (TPSA) is 95.6 Å². The number of hydrogen-bond donors (Lipinski definition) is 2. The number of carbonyl (C=O) groups excluding carboxylic acids is 4. The van der Waals surface area contributed by atoms with Crippen LogP contribution in [-0.2, 0) is 9.59 Å². The fraction of sp³-hybridized carbons (Fsp3) is 0.333. The molecule has 1 aliphatic rings. The van der Waals surface area contributed by atoms with E-state index in [2.05, 4.69) is 21.2 Å². The van der Waals surface area contributed by atoms with Gasteiger partial charge in [-0.25, -0.2) is 0 Å². The van der Waals surface area contributed by atoms with E-state index in [1.165, 1.54) is 12.1 Å². The maximum Gasteiger partial charge on any atom is 0.405 e. The van der Waals surface area contributed by atoms with Crippen molar-refractivity contribution in [2.75, 3.05) is 19.6 Å². The number of halogens is 4. The smallest absolute Gasteiger partial charge is 0.347 e. The van der Waals surface area contributed by atoms with Gasteiger partial charge in [0.2, 0.25) is 11.8 Å². The van der Waals surface area contributed by atoms with Gasteiger partial charge < -0.3 is 10.6 Å². The Labute approximate surface area is 154 Å². The summed E-state index contributed by atoms with van der Waals surface area (Å²) in [5, 5.41) is 3.73. The first-order chi connectivity index (χ1) is 12.1. The zero-order valence-electron chi connectivity index (χ0n) is 13.2. The molecule has 0 bridgehead atoms. The first kappa shape index (κ1) is 19.9. The lowest BCUT2D eigenvalue weighted by molar-refractivity contribution is -0.138. The average molecular weight is 436 g/mol. The molecular formula is C15H13BrF3N3O4. The monoisotopic (exact) mass is 435 g/mol. The Balaban J connectivity index is 1.80. The lowest BCUT2D eigenvalue weighted by atomic mass is 10.1. The Morgan fingerprint density at radius 1 is 1.04 bits per heavy atom. The number of imide groups is 1. The molecule has 0 aliphatic carbocycles. The van der Waals surface area contributed by atoms with Crippen molar-refractivity contribution in [2.45, 2.75) is 12.6 Å². The predicted octanol–water partition coefficient (Wildman–Crippen LogP) is 1.23. The molecule has 1 aliphatic heterocycles. The number of nitrogens with zero attached hydrogens (tertiary/aromatic N) is 1. The van der Waals surface area contributed by atoms with Crippen molar-refractivity contribution in [3.05, 3.63) is 33.8 Å². The van der Waals surface area contributed by atoms with E-state index in [0.29, 0.717) is 4.47 Å². The molecule has 0 aromatic heterocycles. The SMILES string of the molecule is O=C(CCN1C(=O)c2ccc(Br)cc2C1=O)NCC(=O)NCC(F)(F)F. The summed E-state index contributed by atoms with van der Waals surface area (Å²) in [5.41, 5.74) is 0.446. The van der Waals surface area contributed by atoms with Crippen molar-refractivity contribution in [3.63, 3.8) is 0 Å². The third-order valence-corrected chi connectivity index (χ3v) is 3.92. The van der Waals surface area contributed by atoms with Crippen LogP contribution < -0.4 is 10.6 Å². The number of carbonyl (C=O) groups is 4. The lowest BCUT2D eigenvalue weighted by Gasteiger charge is -2.13. The van der Waals surface area contributed by atoms with Crippen LogP contribution in [0.15, 0.2) is 22.7 Å². The van der Waals surface area contributed by atoms with Crippen LogP contribution >= 0.6 is 15.9 Å². The first-order valence-electron chi connectivity index (χ1n) is 7.34. The van der Waals surface area contributed by atoms with Gasteiger partial charge in [-0.2, -0.15) is 13.2 Å². The number of amides is 4. The van der Waals surface area contributed by atoms with Gasteiger partial charge in [-0.15, -0.1) is 0 Å². The van der Waals surface area contributed by atoms with Gasteiger partial charge in [0.05, 0.1) is 17.7 Å². The van der Waals surface area contributed by atoms with Crippen molar-refractivity contribution in [1.29, 1.82) is 0 Å². The highest BCUT2D eigenvalue weighted by molar-refractivity contribution is 9.10. The number of benzene rings is 1. The Bertz CT molecular complexity index is 767. The second kappa shape index (κ2) is 7.85. The molecule has 140 valence electrons. The van der Waals surface area contributed by atoms with Crippen LogP contribution in [0.1, 0.15) is 27.1 Å². The van der Waals surface area contributed by atoms with Gasteiger partial charge in [-0.3, -0.25) is 24.1 Å². The second-order valence-corrected chi connectivity index (χ2v) is 6.29. The molecule has 26 heavy (non-hydrogen) atoms. The Kier molecular flexibility index (Phi) is 6.01. The van der Waals surface area contributed by atoms with E-state index in [-0.39, 0.29) is 24.1 Å². The highest BCUT2D eigenvalue weighted by atomic mass is 79.9. The van der Waals surface area contributed by atoms with Gasteiger partial charge in [-0.05, 0) is 18.2 Å². The van der Waals surface area contributed by atoms with Crippen LogP contribution in [0.3, 0.4) is 0 Å². The van der Waals surface area contributed by atoms with Gasteiger partial charge in [0.25, 0.3) is 11.8 Å². The maximum atomic E-state index is 12.2. The summed E-state index contributed by atoms with van der Waals surface area (Å²) in [6.45, 7) is -2.34. The van der Waals surface area contributed by atoms with Gasteiger partial charge in [0.1, 0.15) is 6.54 Å². The van der Waals surface area contributed by atoms with E-state index in [1.807, 2.05) is 0 Å². The molecule has 0 atom stereocenters. The molecule has 1 aromatic rings. The van der Waals surface area contributed by atoms with E-state index in [4.69, 9.17) is 0 Å². The summed E-state index contributed by atoms with van der Waals surface area (Å²) in [6, 6.07) is 4.60. The summed E-state index contributed by atoms with van der Waals surface area (Å²) in [7, 11) is 0. The summed E-state index contributed by atoms with van der Waals surface area (Å²) in [4.78, 5) is 48.1. The lowest BCUT2D eigenvalue weighted by Crippen LogP contribution is -2.41. The molecular weight excluding hydrogens is 423 g/mol. The van der Waals surface area contributed by atoms with Gasteiger partial charge in [-0.1, -0.05) is 15.9 Å². The molecule has 0 saturated carbocycles. The molecule has 2 N–H and O–H groups in total. The van der Waals surface area contributed by atoms with E-state index < -0.39 is 42.9 Å². The minimum Gasteiger partial charge on any atom is -0.347 e. The molecule has 0 spiro atoms. The van der Waals surface area contributed by atoms with E-state index in [9.17, 15) is 32.3 Å². The summed E-state index contributed by atoms with van der Waals surface area (Å²) >= 11 is 3.20. The number of hydrogen-bond acceptors (Lipinski definition) is 4. The van der Waals surface area contributed by atoms with Crippen molar-refractivity contribution in [1.82, 2.24) is 15.5 Å². The molecule has 7 nitrogen and oxygen atoms in total. The minimum absolute atomic E-state index is 0.208. The number of fused-ring (bicyclic) bond motifs is 1. The third kappa shape index (κ3) is 5.04. The fourth-order valence-corrected chi connectivity index (χ4v) is 2.57. The summed E-state index contributed by atoms with van der Waals surface area (Å²) in [5.74, 6) is -2.75. The Morgan fingerprint density at radius 3 is 2.35 bits per heavy atom. The zero-order chi connectivity index (χ0) is 19.5. The van der Waals surface area contributed by atoms with Crippen molar-refractivity contribution < 1.29 is 32.3 Å². The molecule has 0 fully saturated rings. The normalized spacial score (nSPS) is 13.6. The van der Waals surface area contributed by atoms with Crippen molar-refractivity contribution >= 4 is 39.6 Å². The zero-order valence-corrected chi connectivity index (χ0v) is 14.7. The van der Waals surface area contributed by atoms with Crippen molar-refractivity contribution in [3.8, 4) is 0 Å². The fourth-order valence-electron chi connectivity index (χ4n) is 2.21. The van der Waals surface area contributed by atoms with E-state index in [0.717, 1.165) is 4.90 Å².